The van der Waals surface area contributed by atoms with Gasteiger partial charge in [-0.2, -0.15) is 5.10 Å². The normalized spacial score (nSPS) is 10.7. The summed E-state index contributed by atoms with van der Waals surface area (Å²) in [5.41, 5.74) is 3.32. The van der Waals surface area contributed by atoms with Crippen LogP contribution < -0.4 is 5.01 Å². The Morgan fingerprint density at radius 1 is 0.818 bits per heavy atom. The summed E-state index contributed by atoms with van der Waals surface area (Å²) in [6.07, 6.45) is 5.40. The molecule has 0 bridgehead atoms. The van der Waals surface area contributed by atoms with E-state index in [2.05, 4.69) is 34.4 Å². The minimum Gasteiger partial charge on any atom is -0.265 e. The van der Waals surface area contributed by atoms with Crippen molar-refractivity contribution in [1.29, 1.82) is 0 Å². The molecule has 0 N–H and O–H groups in total. The van der Waals surface area contributed by atoms with Gasteiger partial charge in [0, 0.05) is 12.4 Å². The predicted octanol–water partition coefficient (Wildman–Crippen LogP) is 4.12. The molecule has 0 aliphatic rings. The molecule has 0 spiro atoms. The fourth-order valence-electron chi connectivity index (χ4n) is 2.14. The molecule has 108 valence electrons. The fraction of sp³-hybridized carbons (Fsp3) is 0.0526. The third-order valence-corrected chi connectivity index (χ3v) is 3.28. The molecule has 1 heterocycles. The van der Waals surface area contributed by atoms with Gasteiger partial charge in [0.25, 0.3) is 0 Å². The summed E-state index contributed by atoms with van der Waals surface area (Å²) in [7, 11) is 0. The Morgan fingerprint density at radius 3 is 2.14 bits per heavy atom. The fourth-order valence-corrected chi connectivity index (χ4v) is 2.14. The second kappa shape index (κ2) is 7.18. The average molecular weight is 287 g/mol. The number of hydrogen-bond acceptors (Lipinski definition) is 3. The van der Waals surface area contributed by atoms with E-state index in [-0.39, 0.29) is 0 Å². The summed E-state index contributed by atoms with van der Waals surface area (Å²) in [4.78, 5) is 4.02. The van der Waals surface area contributed by atoms with Crippen molar-refractivity contribution in [3.63, 3.8) is 0 Å². The molecule has 3 aromatic rings. The van der Waals surface area contributed by atoms with E-state index >= 15 is 0 Å². The first kappa shape index (κ1) is 14.0. The zero-order valence-electron chi connectivity index (χ0n) is 12.2. The lowest BCUT2D eigenvalue weighted by Gasteiger charge is -2.19. The third kappa shape index (κ3) is 3.79. The third-order valence-electron chi connectivity index (χ3n) is 3.28. The molecular formula is C19H17N3. The topological polar surface area (TPSA) is 28.5 Å². The summed E-state index contributed by atoms with van der Waals surface area (Å²) in [5.74, 6) is 0. The van der Waals surface area contributed by atoms with E-state index in [9.17, 15) is 0 Å². The second-order valence-corrected chi connectivity index (χ2v) is 4.90. The molecule has 0 fully saturated rings. The number of hydrogen-bond donors (Lipinski definition) is 0. The molecule has 3 nitrogen and oxygen atoms in total. The van der Waals surface area contributed by atoms with Gasteiger partial charge in [-0.15, -0.1) is 0 Å². The highest BCUT2D eigenvalue weighted by Gasteiger charge is 2.04. The number of para-hydroxylation sites is 1. The van der Waals surface area contributed by atoms with Crippen molar-refractivity contribution in [1.82, 2.24) is 4.98 Å². The molecule has 2 aromatic carbocycles. The van der Waals surface area contributed by atoms with Crippen LogP contribution in [-0.2, 0) is 6.54 Å². The van der Waals surface area contributed by atoms with E-state index in [4.69, 9.17) is 0 Å². The maximum Gasteiger partial charge on any atom is 0.0666 e. The zero-order valence-corrected chi connectivity index (χ0v) is 12.2. The molecule has 0 unspecified atom stereocenters. The number of anilines is 1. The highest BCUT2D eigenvalue weighted by atomic mass is 15.4. The van der Waals surface area contributed by atoms with E-state index in [0.717, 1.165) is 17.8 Å². The van der Waals surface area contributed by atoms with Gasteiger partial charge in [-0.25, -0.2) is 0 Å². The smallest absolute Gasteiger partial charge is 0.0666 e. The molecule has 0 saturated heterocycles. The molecule has 3 heteroatoms. The number of rotatable bonds is 5. The molecule has 3 rings (SSSR count). The van der Waals surface area contributed by atoms with Crippen LogP contribution in [-0.4, -0.2) is 11.2 Å². The average Bonchev–Trinajstić information content (AvgIpc) is 2.61. The Morgan fingerprint density at radius 2 is 1.45 bits per heavy atom. The van der Waals surface area contributed by atoms with Crippen molar-refractivity contribution in [3.05, 3.63) is 96.3 Å². The van der Waals surface area contributed by atoms with Gasteiger partial charge >= 0.3 is 0 Å². The van der Waals surface area contributed by atoms with Gasteiger partial charge in [0.2, 0.25) is 0 Å². The monoisotopic (exact) mass is 287 g/mol. The minimum atomic E-state index is 0.729. The Labute approximate surface area is 130 Å². The maximum atomic E-state index is 4.64. The summed E-state index contributed by atoms with van der Waals surface area (Å²) >= 11 is 0. The van der Waals surface area contributed by atoms with Crippen LogP contribution in [0.25, 0.3) is 0 Å². The van der Waals surface area contributed by atoms with E-state index in [1.807, 2.05) is 59.8 Å². The summed E-state index contributed by atoms with van der Waals surface area (Å²) in [6, 6.07) is 24.4. The molecule has 1 aromatic heterocycles. The Hall–Kier alpha value is -2.94. The first-order chi connectivity index (χ1) is 10.9. The molecule has 0 atom stereocenters. The first-order valence-corrected chi connectivity index (χ1v) is 7.22. The Bertz CT molecular complexity index is 709. The van der Waals surface area contributed by atoms with Crippen LogP contribution in [0.1, 0.15) is 11.1 Å². The quantitative estimate of drug-likeness (QED) is 0.521. The Balaban J connectivity index is 1.85. The van der Waals surface area contributed by atoms with E-state index in [1.165, 1.54) is 5.56 Å². The van der Waals surface area contributed by atoms with Crippen molar-refractivity contribution in [2.75, 3.05) is 5.01 Å². The van der Waals surface area contributed by atoms with Gasteiger partial charge in [-0.05, 0) is 35.4 Å². The highest BCUT2D eigenvalue weighted by Crippen LogP contribution is 2.17. The number of pyridine rings is 1. The molecule has 0 aliphatic carbocycles. The van der Waals surface area contributed by atoms with Crippen LogP contribution >= 0.6 is 0 Å². The highest BCUT2D eigenvalue weighted by molar-refractivity contribution is 5.80. The number of hydrazone groups is 1. The second-order valence-electron chi connectivity index (χ2n) is 4.90. The van der Waals surface area contributed by atoms with E-state index < -0.39 is 0 Å². The predicted molar refractivity (Wildman–Crippen MR) is 90.9 cm³/mol. The molecule has 0 saturated carbocycles. The van der Waals surface area contributed by atoms with Crippen LogP contribution in [0.4, 0.5) is 5.69 Å². The lowest BCUT2D eigenvalue weighted by atomic mass is 10.2. The van der Waals surface area contributed by atoms with Gasteiger partial charge in [0.05, 0.1) is 18.4 Å². The van der Waals surface area contributed by atoms with Crippen LogP contribution in [0.15, 0.2) is 90.3 Å². The summed E-state index contributed by atoms with van der Waals surface area (Å²) in [5, 5.41) is 6.64. The maximum absolute atomic E-state index is 4.64. The lowest BCUT2D eigenvalue weighted by Crippen LogP contribution is -2.15. The van der Waals surface area contributed by atoms with Crippen molar-refractivity contribution < 1.29 is 0 Å². The molecule has 0 amide bonds. The van der Waals surface area contributed by atoms with E-state index in [0.29, 0.717) is 0 Å². The largest absolute Gasteiger partial charge is 0.265 e. The van der Waals surface area contributed by atoms with Crippen molar-refractivity contribution in [3.8, 4) is 0 Å². The molecule has 0 aliphatic heterocycles. The minimum absolute atomic E-state index is 0.729. The van der Waals surface area contributed by atoms with Crippen LogP contribution in [0, 0.1) is 0 Å². The molecule has 0 radical (unpaired) electrons. The first-order valence-electron chi connectivity index (χ1n) is 7.22. The summed E-state index contributed by atoms with van der Waals surface area (Å²) < 4.78 is 0. The van der Waals surface area contributed by atoms with Gasteiger partial charge < -0.3 is 0 Å². The number of nitrogens with zero attached hydrogens (tertiary/aromatic N) is 3. The standard InChI is InChI=1S/C19H17N3/c1-3-7-18(8-4-1)16-22(19-9-5-2-6-10-19)21-15-17-11-13-20-14-12-17/h1-15H,16H2/b21-15-. The van der Waals surface area contributed by atoms with Crippen LogP contribution in [0.2, 0.25) is 0 Å². The Kier molecular flexibility index (Phi) is 4.57. The van der Waals surface area contributed by atoms with Gasteiger partial charge in [0.1, 0.15) is 0 Å². The van der Waals surface area contributed by atoms with Gasteiger partial charge in [-0.1, -0.05) is 48.5 Å². The van der Waals surface area contributed by atoms with Crippen molar-refractivity contribution in [2.24, 2.45) is 5.10 Å². The van der Waals surface area contributed by atoms with Crippen molar-refractivity contribution >= 4 is 11.9 Å². The van der Waals surface area contributed by atoms with Crippen molar-refractivity contribution in [2.45, 2.75) is 6.54 Å². The van der Waals surface area contributed by atoms with Crippen LogP contribution in [0.5, 0.6) is 0 Å². The SMILES string of the molecule is C(=N/N(Cc1ccccc1)c1ccccc1)/c1ccncc1. The number of aromatic nitrogens is 1. The molecule has 22 heavy (non-hydrogen) atoms. The van der Waals surface area contributed by atoms with Gasteiger partial charge in [-0.3, -0.25) is 9.99 Å². The lowest BCUT2D eigenvalue weighted by molar-refractivity contribution is 0.858. The summed E-state index contributed by atoms with van der Waals surface area (Å²) in [6.45, 7) is 0.729. The van der Waals surface area contributed by atoms with Gasteiger partial charge in [0.15, 0.2) is 0 Å². The molecular weight excluding hydrogens is 270 g/mol. The zero-order chi connectivity index (χ0) is 15.0. The van der Waals surface area contributed by atoms with E-state index in [1.54, 1.807) is 12.4 Å². The number of benzene rings is 2. The van der Waals surface area contributed by atoms with Crippen LogP contribution in [0.3, 0.4) is 0 Å².